The van der Waals surface area contributed by atoms with Crippen LogP contribution in [0, 0.1) is 0 Å². The van der Waals surface area contributed by atoms with Gasteiger partial charge in [0.1, 0.15) is 5.75 Å². The molecule has 0 spiro atoms. The van der Waals surface area contributed by atoms with Crippen LogP contribution in [0.5, 0.6) is 5.75 Å². The average molecular weight is 236 g/mol. The highest BCUT2D eigenvalue weighted by Gasteiger charge is 2.32. The largest absolute Gasteiger partial charge is 0.573 e. The van der Waals surface area contributed by atoms with Gasteiger partial charge < -0.3 is 10.1 Å². The Labute approximate surface area is 88.3 Å². The summed E-state index contributed by atoms with van der Waals surface area (Å²) < 4.78 is 39.6. The summed E-state index contributed by atoms with van der Waals surface area (Å²) >= 11 is 5.56. The molecule has 6 heteroatoms. The first kappa shape index (κ1) is 10.2. The monoisotopic (exact) mass is 235 g/mol. The van der Waals surface area contributed by atoms with Crippen LogP contribution in [0.3, 0.4) is 0 Å². The number of rotatable bonds is 2. The van der Waals surface area contributed by atoms with E-state index in [0.717, 1.165) is 5.70 Å². The van der Waals surface area contributed by atoms with E-state index in [2.05, 4.69) is 10.1 Å². The van der Waals surface area contributed by atoms with Gasteiger partial charge in [-0.3, -0.25) is 0 Å². The van der Waals surface area contributed by atoms with Gasteiger partial charge in [0, 0.05) is 11.8 Å². The van der Waals surface area contributed by atoms with Gasteiger partial charge in [-0.15, -0.1) is 13.2 Å². The fourth-order valence-electron chi connectivity index (χ4n) is 1.08. The van der Waals surface area contributed by atoms with Crippen molar-refractivity contribution in [3.63, 3.8) is 0 Å². The van der Waals surface area contributed by atoms with Crippen molar-refractivity contribution in [2.45, 2.75) is 6.36 Å². The van der Waals surface area contributed by atoms with Gasteiger partial charge in [-0.1, -0.05) is 17.7 Å². The van der Waals surface area contributed by atoms with Gasteiger partial charge in [0.25, 0.3) is 0 Å². The Morgan fingerprint density at radius 2 is 1.93 bits per heavy atom. The van der Waals surface area contributed by atoms with Crippen LogP contribution >= 0.6 is 11.6 Å². The molecular formula is C9H5ClF3NO. The van der Waals surface area contributed by atoms with Crippen molar-refractivity contribution in [2.24, 2.45) is 0 Å². The molecule has 2 nitrogen and oxygen atoms in total. The predicted molar refractivity (Wildman–Crippen MR) is 49.2 cm³/mol. The standard InChI is InChI=1S/C9H5ClF3NO/c10-6-2-1-5(7-4-14-7)3-8(6)15-9(11,12)13/h1-4,14H. The molecule has 0 saturated heterocycles. The second kappa shape index (κ2) is 3.34. The Balaban J connectivity index is 2.28. The van der Waals surface area contributed by atoms with Gasteiger partial charge in [-0.2, -0.15) is 0 Å². The second-order valence-corrected chi connectivity index (χ2v) is 3.30. The molecule has 0 saturated carbocycles. The van der Waals surface area contributed by atoms with Gasteiger partial charge in [-0.05, 0) is 12.1 Å². The van der Waals surface area contributed by atoms with Crippen LogP contribution in [-0.2, 0) is 0 Å². The maximum atomic E-state index is 12.0. The second-order valence-electron chi connectivity index (χ2n) is 2.90. The Morgan fingerprint density at radius 3 is 2.47 bits per heavy atom. The summed E-state index contributed by atoms with van der Waals surface area (Å²) in [6.45, 7) is 0. The van der Waals surface area contributed by atoms with E-state index in [1.807, 2.05) is 0 Å². The van der Waals surface area contributed by atoms with Crippen molar-refractivity contribution in [3.8, 4) is 5.75 Å². The number of benzene rings is 1. The van der Waals surface area contributed by atoms with Gasteiger partial charge >= 0.3 is 6.36 Å². The molecule has 1 aliphatic rings. The van der Waals surface area contributed by atoms with Crippen LogP contribution < -0.4 is 10.1 Å². The molecule has 0 amide bonds. The molecule has 2 rings (SSSR count). The summed E-state index contributed by atoms with van der Waals surface area (Å²) in [7, 11) is 0. The minimum absolute atomic E-state index is 0.0719. The first-order valence-corrected chi connectivity index (χ1v) is 4.36. The maximum absolute atomic E-state index is 12.0. The molecule has 80 valence electrons. The van der Waals surface area contributed by atoms with Gasteiger partial charge in [0.15, 0.2) is 0 Å². The smallest absolute Gasteiger partial charge is 0.404 e. The fraction of sp³-hybridized carbons (Fsp3) is 0.111. The van der Waals surface area contributed by atoms with E-state index >= 15 is 0 Å². The van der Waals surface area contributed by atoms with Crippen molar-refractivity contribution in [3.05, 3.63) is 35.0 Å². The van der Waals surface area contributed by atoms with E-state index in [1.54, 1.807) is 12.3 Å². The van der Waals surface area contributed by atoms with Crippen molar-refractivity contribution in [2.75, 3.05) is 0 Å². The Bertz CT molecular complexity index is 428. The Morgan fingerprint density at radius 1 is 1.27 bits per heavy atom. The number of hydrogen-bond acceptors (Lipinski definition) is 2. The minimum atomic E-state index is -4.73. The first-order valence-electron chi connectivity index (χ1n) is 3.98. The van der Waals surface area contributed by atoms with Gasteiger partial charge in [-0.25, -0.2) is 0 Å². The van der Waals surface area contributed by atoms with E-state index in [0.29, 0.717) is 5.56 Å². The highest BCUT2D eigenvalue weighted by atomic mass is 35.5. The van der Waals surface area contributed by atoms with E-state index in [4.69, 9.17) is 11.6 Å². The molecule has 1 heterocycles. The number of alkyl halides is 3. The third kappa shape index (κ3) is 2.56. The Hall–Kier alpha value is -1.36. The lowest BCUT2D eigenvalue weighted by molar-refractivity contribution is -0.274. The van der Waals surface area contributed by atoms with Crippen LogP contribution in [0.2, 0.25) is 5.02 Å². The van der Waals surface area contributed by atoms with Crippen LogP contribution in [0.15, 0.2) is 24.4 Å². The lowest BCUT2D eigenvalue weighted by Gasteiger charge is -2.10. The van der Waals surface area contributed by atoms with E-state index in [9.17, 15) is 13.2 Å². The summed E-state index contributed by atoms with van der Waals surface area (Å²) in [6.07, 6.45) is -3.06. The minimum Gasteiger partial charge on any atom is -0.404 e. The van der Waals surface area contributed by atoms with E-state index < -0.39 is 12.1 Å². The predicted octanol–water partition coefficient (Wildman–Crippen LogP) is 3.14. The van der Waals surface area contributed by atoms with Crippen LogP contribution in [0.25, 0.3) is 5.70 Å². The molecule has 0 bridgehead atoms. The molecule has 1 N–H and O–H groups in total. The highest BCUT2D eigenvalue weighted by molar-refractivity contribution is 6.32. The van der Waals surface area contributed by atoms with Gasteiger partial charge in [0.2, 0.25) is 0 Å². The molecule has 0 unspecified atom stereocenters. The molecule has 0 aromatic heterocycles. The molecular weight excluding hydrogens is 231 g/mol. The van der Waals surface area contributed by atoms with Crippen LogP contribution in [0.4, 0.5) is 13.2 Å². The topological polar surface area (TPSA) is 31.2 Å². The summed E-state index contributed by atoms with van der Waals surface area (Å²) in [4.78, 5) is 0. The molecule has 0 atom stereocenters. The molecule has 1 aromatic rings. The average Bonchev–Trinajstić information content (AvgIpc) is 2.89. The van der Waals surface area contributed by atoms with E-state index in [1.165, 1.54) is 12.1 Å². The maximum Gasteiger partial charge on any atom is 0.573 e. The molecule has 1 aliphatic heterocycles. The zero-order valence-corrected chi connectivity index (χ0v) is 7.99. The summed E-state index contributed by atoms with van der Waals surface area (Å²) in [6, 6.07) is 4.21. The number of hydrogen-bond donors (Lipinski definition) is 1. The quantitative estimate of drug-likeness (QED) is 0.854. The van der Waals surface area contributed by atoms with Crippen molar-refractivity contribution >= 4 is 17.3 Å². The van der Waals surface area contributed by atoms with E-state index in [-0.39, 0.29) is 5.02 Å². The molecule has 15 heavy (non-hydrogen) atoms. The summed E-state index contributed by atoms with van der Waals surface area (Å²) in [5.41, 5.74) is 1.37. The van der Waals surface area contributed by atoms with Crippen LogP contribution in [0.1, 0.15) is 5.56 Å². The number of nitrogens with one attached hydrogen (secondary N) is 1. The molecule has 1 aromatic carbocycles. The normalized spacial score (nSPS) is 14.3. The SMILES string of the molecule is FC(F)(F)Oc1cc(C2=CN2)ccc1Cl. The first-order chi connectivity index (χ1) is 6.96. The van der Waals surface area contributed by atoms with Gasteiger partial charge in [0.05, 0.1) is 10.7 Å². The lowest BCUT2D eigenvalue weighted by atomic mass is 10.2. The zero-order chi connectivity index (χ0) is 11.1. The molecule has 0 radical (unpaired) electrons. The van der Waals surface area contributed by atoms with Crippen molar-refractivity contribution in [1.29, 1.82) is 0 Å². The lowest BCUT2D eigenvalue weighted by Crippen LogP contribution is -2.17. The van der Waals surface area contributed by atoms with Crippen molar-refractivity contribution in [1.82, 2.24) is 5.32 Å². The fourth-order valence-corrected chi connectivity index (χ4v) is 1.23. The number of halogens is 4. The van der Waals surface area contributed by atoms with Crippen molar-refractivity contribution < 1.29 is 17.9 Å². The van der Waals surface area contributed by atoms with Crippen LogP contribution in [-0.4, -0.2) is 6.36 Å². The summed E-state index contributed by atoms with van der Waals surface area (Å²) in [5, 5.41) is 2.70. The highest BCUT2D eigenvalue weighted by Crippen LogP contribution is 2.33. The molecule has 0 aliphatic carbocycles. The Kier molecular flexibility index (Phi) is 2.26. The molecule has 0 fully saturated rings. The zero-order valence-electron chi connectivity index (χ0n) is 7.23. The summed E-state index contributed by atoms with van der Waals surface area (Å²) in [5.74, 6) is -0.392. The third-order valence-corrected chi connectivity index (χ3v) is 2.07. The number of ether oxygens (including phenoxy) is 1. The third-order valence-electron chi connectivity index (χ3n) is 1.76.